The second kappa shape index (κ2) is 11.9. The van der Waals surface area contributed by atoms with E-state index >= 15 is 0 Å². The van der Waals surface area contributed by atoms with Crippen LogP contribution in [0.3, 0.4) is 0 Å². The van der Waals surface area contributed by atoms with Gasteiger partial charge in [-0.2, -0.15) is 0 Å². The first kappa shape index (κ1) is 33.0. The van der Waals surface area contributed by atoms with Crippen molar-refractivity contribution in [2.75, 3.05) is 0 Å². The van der Waals surface area contributed by atoms with Crippen LogP contribution in [0.5, 0.6) is 11.5 Å². The Labute approximate surface area is 349 Å². The first-order chi connectivity index (χ1) is 29.7. The van der Waals surface area contributed by atoms with E-state index in [1.807, 2.05) is 0 Å². The predicted octanol–water partition coefficient (Wildman–Crippen LogP) is 13.0. The van der Waals surface area contributed by atoms with Gasteiger partial charge in [0.15, 0.2) is 11.6 Å². The van der Waals surface area contributed by atoms with Gasteiger partial charge in [0.05, 0.1) is 10.8 Å². The maximum Gasteiger partial charge on any atom is 0.163 e. The highest BCUT2D eigenvalue weighted by Crippen LogP contribution is 2.74. The number of hydrogen-bond donors (Lipinski definition) is 0. The maximum absolute atomic E-state index is 6.59. The zero-order valence-corrected chi connectivity index (χ0v) is 33.0. The summed E-state index contributed by atoms with van der Waals surface area (Å²) >= 11 is 0. The molecule has 0 saturated carbocycles. The van der Waals surface area contributed by atoms with Crippen LogP contribution in [0.2, 0.25) is 0 Å². The number of hydrogen-bond acceptors (Lipinski definition) is 4. The van der Waals surface area contributed by atoms with Crippen LogP contribution in [0.25, 0.3) is 56.2 Å². The highest BCUT2D eigenvalue weighted by molar-refractivity contribution is 5.90. The summed E-state index contributed by atoms with van der Waals surface area (Å²) in [6.07, 6.45) is 5.02. The quantitative estimate of drug-likeness (QED) is 0.164. The van der Waals surface area contributed by atoms with Gasteiger partial charge in [-0.15, -0.1) is 0 Å². The van der Waals surface area contributed by atoms with Gasteiger partial charge in [0.2, 0.25) is 0 Å². The Bertz CT molecular complexity index is 3100. The molecule has 0 radical (unpaired) electrons. The summed E-state index contributed by atoms with van der Waals surface area (Å²) in [5.74, 6) is 6.49. The molecule has 8 aromatic rings. The van der Waals surface area contributed by atoms with Gasteiger partial charge in [-0.25, -0.2) is 15.0 Å². The third kappa shape index (κ3) is 4.28. The zero-order valence-electron chi connectivity index (χ0n) is 33.0. The van der Waals surface area contributed by atoms with Crippen molar-refractivity contribution < 1.29 is 4.74 Å². The average Bonchev–Trinajstić information content (AvgIpc) is 4.11. The number of para-hydroxylation sites is 2. The second-order valence-corrected chi connectivity index (χ2v) is 17.9. The molecule has 0 saturated heterocycles. The lowest BCUT2D eigenvalue weighted by Crippen LogP contribution is -2.42. The number of nitrogens with zero attached hydrogens (tertiary/aromatic N) is 3. The fourth-order valence-corrected chi connectivity index (χ4v) is 12.9. The zero-order chi connectivity index (χ0) is 39.2. The molecule has 2 heterocycles. The van der Waals surface area contributed by atoms with E-state index in [0.717, 1.165) is 69.0 Å². The first-order valence-electron chi connectivity index (χ1n) is 21.5. The minimum atomic E-state index is -0.502. The first-order valence-corrected chi connectivity index (χ1v) is 21.5. The molecule has 6 bridgehead atoms. The molecular weight excluding hydrogens is 731 g/mol. The molecule has 14 rings (SSSR count). The summed E-state index contributed by atoms with van der Waals surface area (Å²) in [6.45, 7) is 0. The summed E-state index contributed by atoms with van der Waals surface area (Å²) < 4.78 is 6.59. The van der Waals surface area contributed by atoms with Gasteiger partial charge in [0.25, 0.3) is 0 Å². The number of fused-ring (bicyclic) bond motifs is 9. The van der Waals surface area contributed by atoms with Gasteiger partial charge in [-0.1, -0.05) is 157 Å². The van der Waals surface area contributed by atoms with Crippen molar-refractivity contribution in [1.29, 1.82) is 0 Å². The molecule has 5 aliphatic carbocycles. The highest BCUT2D eigenvalue weighted by atomic mass is 16.5. The smallest absolute Gasteiger partial charge is 0.163 e. The number of benzene rings is 7. The Kier molecular flexibility index (Phi) is 6.52. The van der Waals surface area contributed by atoms with E-state index in [9.17, 15) is 0 Å². The lowest BCUT2D eigenvalue weighted by atomic mass is 9.58. The SMILES string of the molecule is c1ccc(-c2cccc(-c3nc(-c4ccc(-c5ccc6c(c5)C5(c7ccccc7Oc7ccccc75)c5ccccc5-6)cc4)nc(C45CC6CC7C[C@H](C4)C6=C75)n3)c2)cc1. The van der Waals surface area contributed by atoms with E-state index < -0.39 is 5.41 Å². The fraction of sp³-hybridized carbons (Fsp3) is 0.161. The average molecular weight is 770 g/mol. The van der Waals surface area contributed by atoms with Crippen molar-refractivity contribution >= 4 is 0 Å². The van der Waals surface area contributed by atoms with Crippen molar-refractivity contribution in [3.05, 3.63) is 209 Å². The lowest BCUT2D eigenvalue weighted by molar-refractivity contribution is 0.164. The van der Waals surface area contributed by atoms with E-state index in [2.05, 4.69) is 170 Å². The van der Waals surface area contributed by atoms with Gasteiger partial charge in [0.1, 0.15) is 17.3 Å². The van der Waals surface area contributed by atoms with E-state index in [1.54, 1.807) is 11.1 Å². The van der Waals surface area contributed by atoms with Crippen molar-refractivity contribution in [3.63, 3.8) is 0 Å². The van der Waals surface area contributed by atoms with Crippen LogP contribution >= 0.6 is 0 Å². The second-order valence-electron chi connectivity index (χ2n) is 17.9. The summed E-state index contributed by atoms with van der Waals surface area (Å²) in [4.78, 5) is 16.1. The van der Waals surface area contributed by atoms with Crippen LogP contribution in [0.4, 0.5) is 0 Å². The molecule has 4 atom stereocenters. The highest BCUT2D eigenvalue weighted by Gasteiger charge is 2.66. The monoisotopic (exact) mass is 769 g/mol. The Morgan fingerprint density at radius 3 is 1.68 bits per heavy atom. The number of ether oxygens (including phenoxy) is 1. The largest absolute Gasteiger partial charge is 0.457 e. The third-order valence-electron chi connectivity index (χ3n) is 15.1. The number of aromatic nitrogens is 3. The summed E-state index contributed by atoms with van der Waals surface area (Å²) in [5.41, 5.74) is 17.1. The van der Waals surface area contributed by atoms with Gasteiger partial charge in [-0.3, -0.25) is 0 Å². The Hall–Kier alpha value is -6.91. The molecule has 0 fully saturated rings. The van der Waals surface area contributed by atoms with Gasteiger partial charge in [-0.05, 0) is 112 Å². The predicted molar refractivity (Wildman–Crippen MR) is 237 cm³/mol. The maximum atomic E-state index is 6.59. The van der Waals surface area contributed by atoms with Crippen molar-refractivity contribution in [2.45, 2.75) is 36.5 Å². The molecule has 1 aromatic heterocycles. The van der Waals surface area contributed by atoms with Crippen LogP contribution in [0.1, 0.15) is 53.8 Å². The van der Waals surface area contributed by atoms with E-state index in [1.165, 1.54) is 70.2 Å². The molecule has 1 aliphatic heterocycles. The lowest BCUT2D eigenvalue weighted by Gasteiger charge is -2.46. The van der Waals surface area contributed by atoms with Gasteiger partial charge < -0.3 is 4.74 Å². The third-order valence-corrected chi connectivity index (χ3v) is 15.1. The molecular formula is C56H39N3O. The Morgan fingerprint density at radius 2 is 0.967 bits per heavy atom. The van der Waals surface area contributed by atoms with E-state index in [0.29, 0.717) is 0 Å². The summed E-state index contributed by atoms with van der Waals surface area (Å²) in [7, 11) is 0. The van der Waals surface area contributed by atoms with E-state index in [-0.39, 0.29) is 5.41 Å². The van der Waals surface area contributed by atoms with Gasteiger partial charge in [0, 0.05) is 22.3 Å². The van der Waals surface area contributed by atoms with E-state index in [4.69, 9.17) is 19.7 Å². The molecule has 4 heteroatoms. The molecule has 284 valence electrons. The number of allylic oxidation sites excluding steroid dienone is 2. The molecule has 7 aromatic carbocycles. The van der Waals surface area contributed by atoms with Gasteiger partial charge >= 0.3 is 0 Å². The Balaban J connectivity index is 0.896. The van der Waals surface area contributed by atoms with Crippen LogP contribution < -0.4 is 4.74 Å². The summed E-state index contributed by atoms with van der Waals surface area (Å²) in [6, 6.07) is 61.3. The molecule has 0 N–H and O–H groups in total. The standard InChI is InChI=1S/C56H39N3O/c1-2-11-33(12-3-1)36-13-10-14-38(27-36)53-57-52(58-54(59-53)55-31-40-28-39-29-41(32-55)50(40)51(39)55)35-23-21-34(22-24-35)37-25-26-43-42-15-4-5-16-44(42)56(47(43)30-37)45-17-6-8-19-48(45)60-49-20-9-7-18-46(49)56/h1-27,30,39-41H,28-29,31-32H2/t39?,40-,41?,55?/m1/s1. The van der Waals surface area contributed by atoms with Crippen LogP contribution in [0, 0.1) is 17.8 Å². The molecule has 1 spiro atoms. The topological polar surface area (TPSA) is 47.9 Å². The minimum absolute atomic E-state index is 0.0331. The van der Waals surface area contributed by atoms with Crippen LogP contribution in [0.15, 0.2) is 181 Å². The molecule has 60 heavy (non-hydrogen) atoms. The van der Waals surface area contributed by atoms with Crippen molar-refractivity contribution in [1.82, 2.24) is 15.0 Å². The molecule has 4 nitrogen and oxygen atoms in total. The van der Waals surface area contributed by atoms with Crippen LogP contribution in [-0.4, -0.2) is 15.0 Å². The minimum Gasteiger partial charge on any atom is -0.457 e. The molecule has 6 aliphatic rings. The molecule has 0 amide bonds. The van der Waals surface area contributed by atoms with Crippen molar-refractivity contribution in [3.8, 4) is 67.7 Å². The molecule has 3 unspecified atom stereocenters. The summed E-state index contributed by atoms with van der Waals surface area (Å²) in [5, 5.41) is 0. The normalized spacial score (nSPS) is 22.5. The van der Waals surface area contributed by atoms with Crippen LogP contribution in [-0.2, 0) is 10.8 Å². The number of rotatable bonds is 5. The fourth-order valence-electron chi connectivity index (χ4n) is 12.9. The van der Waals surface area contributed by atoms with Crippen molar-refractivity contribution in [2.24, 2.45) is 17.8 Å². The Morgan fingerprint density at radius 1 is 0.417 bits per heavy atom.